The van der Waals surface area contributed by atoms with Gasteiger partial charge in [-0.1, -0.05) is 49.0 Å². The molecule has 1 saturated heterocycles. The number of rotatable bonds is 7. The number of nitrogens with one attached hydrogen (secondary N) is 2. The second-order valence-electron chi connectivity index (χ2n) is 8.59. The van der Waals surface area contributed by atoms with Crippen LogP contribution in [0.3, 0.4) is 0 Å². The number of carbonyl (C=O) groups excluding carboxylic acids is 2. The highest BCUT2D eigenvalue weighted by atomic mass is 32.2. The fourth-order valence-electron chi connectivity index (χ4n) is 4.37. The van der Waals surface area contributed by atoms with Gasteiger partial charge in [-0.2, -0.15) is 4.31 Å². The van der Waals surface area contributed by atoms with Gasteiger partial charge in [-0.05, 0) is 65.9 Å². The van der Waals surface area contributed by atoms with Crippen molar-refractivity contribution in [1.29, 1.82) is 0 Å². The summed E-state index contributed by atoms with van der Waals surface area (Å²) in [6.07, 6.45) is 3.12. The summed E-state index contributed by atoms with van der Waals surface area (Å²) in [5.74, 6) is -0.516. The second kappa shape index (κ2) is 10.8. The lowest BCUT2D eigenvalue weighted by molar-refractivity contribution is -0.117. The first-order valence-corrected chi connectivity index (χ1v) is 13.1. The first-order chi connectivity index (χ1) is 16.9. The molecule has 0 aliphatic carbocycles. The first kappa shape index (κ1) is 24.6. The van der Waals surface area contributed by atoms with Crippen LogP contribution in [0.25, 0.3) is 10.8 Å². The lowest BCUT2D eigenvalue weighted by Gasteiger charge is -2.20. The molecule has 1 heterocycles. The molecule has 1 atom stereocenters. The summed E-state index contributed by atoms with van der Waals surface area (Å²) < 4.78 is 27.8. The topological polar surface area (TPSA) is 95.6 Å². The predicted molar refractivity (Wildman–Crippen MR) is 136 cm³/mol. The summed E-state index contributed by atoms with van der Waals surface area (Å²) in [5, 5.41) is 7.96. The molecule has 182 valence electrons. The Hall–Kier alpha value is -3.49. The maximum absolute atomic E-state index is 13.2. The van der Waals surface area contributed by atoms with Crippen LogP contribution in [0.4, 0.5) is 0 Å². The number of benzene rings is 3. The normalized spacial score (nSPS) is 16.9. The van der Waals surface area contributed by atoms with Crippen LogP contribution in [0.5, 0.6) is 0 Å². The minimum atomic E-state index is -3.70. The van der Waals surface area contributed by atoms with Crippen molar-refractivity contribution in [2.24, 2.45) is 0 Å². The van der Waals surface area contributed by atoms with Crippen LogP contribution in [-0.4, -0.2) is 43.7 Å². The molecule has 0 saturated carbocycles. The molecule has 2 amide bonds. The van der Waals surface area contributed by atoms with Crippen molar-refractivity contribution in [3.05, 3.63) is 90.5 Å². The van der Waals surface area contributed by atoms with Gasteiger partial charge < -0.3 is 10.6 Å². The van der Waals surface area contributed by atoms with Crippen LogP contribution < -0.4 is 10.6 Å². The lowest BCUT2D eigenvalue weighted by atomic mass is 10.0. The summed E-state index contributed by atoms with van der Waals surface area (Å²) in [6, 6.07) is 19.9. The van der Waals surface area contributed by atoms with E-state index in [-0.39, 0.29) is 22.8 Å². The second-order valence-corrected chi connectivity index (χ2v) is 10.5. The van der Waals surface area contributed by atoms with Gasteiger partial charge in [-0.3, -0.25) is 9.59 Å². The third-order valence-electron chi connectivity index (χ3n) is 6.29. The van der Waals surface area contributed by atoms with Crippen LogP contribution >= 0.6 is 0 Å². The molecule has 2 N–H and O–H groups in total. The molecule has 0 aromatic heterocycles. The molecular weight excluding hydrogens is 462 g/mol. The number of carbonyl (C=O) groups is 2. The zero-order valence-electron chi connectivity index (χ0n) is 19.4. The van der Waals surface area contributed by atoms with E-state index in [1.165, 1.54) is 34.6 Å². The van der Waals surface area contributed by atoms with E-state index in [4.69, 9.17) is 0 Å². The molecule has 3 aromatic rings. The third kappa shape index (κ3) is 5.78. The Morgan fingerprint density at radius 1 is 0.971 bits per heavy atom. The van der Waals surface area contributed by atoms with Gasteiger partial charge in [0.25, 0.3) is 5.91 Å². The highest BCUT2D eigenvalue weighted by Crippen LogP contribution is 2.22. The molecule has 0 radical (unpaired) electrons. The average Bonchev–Trinajstić information content (AvgIpc) is 3.13. The zero-order valence-corrected chi connectivity index (χ0v) is 20.3. The van der Waals surface area contributed by atoms with E-state index in [9.17, 15) is 18.0 Å². The Morgan fingerprint density at radius 3 is 2.49 bits per heavy atom. The quantitative estimate of drug-likeness (QED) is 0.494. The smallest absolute Gasteiger partial charge is 0.251 e. The average molecular weight is 492 g/mol. The lowest BCUT2D eigenvalue weighted by Crippen LogP contribution is -2.36. The molecule has 1 unspecified atom stereocenters. The number of sulfonamides is 1. The molecule has 7 nitrogen and oxygen atoms in total. The molecule has 1 fully saturated rings. The van der Waals surface area contributed by atoms with Crippen molar-refractivity contribution in [2.45, 2.75) is 36.7 Å². The van der Waals surface area contributed by atoms with Gasteiger partial charge >= 0.3 is 0 Å². The van der Waals surface area contributed by atoms with Crippen LogP contribution in [0.2, 0.25) is 0 Å². The van der Waals surface area contributed by atoms with Crippen LogP contribution in [-0.2, 0) is 21.4 Å². The summed E-state index contributed by atoms with van der Waals surface area (Å²) in [6.45, 7) is 4.53. The van der Waals surface area contributed by atoms with Crippen molar-refractivity contribution in [2.75, 3.05) is 13.1 Å². The number of hydrogen-bond acceptors (Lipinski definition) is 4. The fourth-order valence-corrected chi connectivity index (χ4v) is 5.86. The number of hydrogen-bond donors (Lipinski definition) is 2. The summed E-state index contributed by atoms with van der Waals surface area (Å²) in [4.78, 5) is 24.4. The summed E-state index contributed by atoms with van der Waals surface area (Å²) >= 11 is 0. The molecule has 35 heavy (non-hydrogen) atoms. The molecular formula is C27H29N3O4S. The Kier molecular flexibility index (Phi) is 7.63. The van der Waals surface area contributed by atoms with Gasteiger partial charge in [-0.15, -0.1) is 0 Å². The van der Waals surface area contributed by atoms with Gasteiger partial charge in [0, 0.05) is 31.2 Å². The largest absolute Gasteiger partial charge is 0.350 e. The van der Waals surface area contributed by atoms with Crippen molar-refractivity contribution in [3.8, 4) is 0 Å². The monoisotopic (exact) mass is 491 g/mol. The van der Waals surface area contributed by atoms with E-state index < -0.39 is 10.0 Å². The summed E-state index contributed by atoms with van der Waals surface area (Å²) in [5.41, 5.74) is 1.41. The highest BCUT2D eigenvalue weighted by molar-refractivity contribution is 7.89. The standard InChI is InChI=1S/C27H29N3O4S/c1-2-26(31)29-23-10-6-17-30(18-16-23)35(33,34)24-14-12-21(13-15-24)27(32)28-19-22-9-5-8-20-7-3-4-11-25(20)22/h2-5,7-9,11-15,23H,1,6,10,16-19H2,(H,28,32)(H,29,31). The Labute approximate surface area is 205 Å². The van der Waals surface area contributed by atoms with Gasteiger partial charge in [0.15, 0.2) is 0 Å². The van der Waals surface area contributed by atoms with Crippen LogP contribution in [0.15, 0.2) is 84.3 Å². The number of fused-ring (bicyclic) bond motifs is 1. The molecule has 0 spiro atoms. The maximum atomic E-state index is 13.2. The zero-order chi connectivity index (χ0) is 24.8. The predicted octanol–water partition coefficient (Wildman–Crippen LogP) is 3.62. The summed E-state index contributed by atoms with van der Waals surface area (Å²) in [7, 11) is -3.70. The Balaban J connectivity index is 1.39. The molecule has 4 rings (SSSR count). The fraction of sp³-hybridized carbons (Fsp3) is 0.259. The van der Waals surface area contributed by atoms with Gasteiger partial charge in [0.05, 0.1) is 4.90 Å². The van der Waals surface area contributed by atoms with Gasteiger partial charge in [0.1, 0.15) is 0 Å². The number of nitrogens with zero attached hydrogens (tertiary/aromatic N) is 1. The third-order valence-corrected chi connectivity index (χ3v) is 8.21. The van der Waals surface area contributed by atoms with Gasteiger partial charge in [0.2, 0.25) is 15.9 Å². The molecule has 3 aromatic carbocycles. The molecule has 1 aliphatic rings. The first-order valence-electron chi connectivity index (χ1n) is 11.7. The molecule has 0 bridgehead atoms. The van der Waals surface area contributed by atoms with Crippen molar-refractivity contribution in [1.82, 2.24) is 14.9 Å². The van der Waals surface area contributed by atoms with Crippen molar-refractivity contribution in [3.63, 3.8) is 0 Å². The number of amides is 2. The van der Waals surface area contributed by atoms with E-state index in [1.807, 2.05) is 42.5 Å². The highest BCUT2D eigenvalue weighted by Gasteiger charge is 2.28. The van der Waals surface area contributed by atoms with E-state index in [0.29, 0.717) is 44.5 Å². The van der Waals surface area contributed by atoms with Crippen molar-refractivity contribution >= 4 is 32.6 Å². The van der Waals surface area contributed by atoms with Crippen LogP contribution in [0.1, 0.15) is 35.2 Å². The molecule has 1 aliphatic heterocycles. The van der Waals surface area contributed by atoms with E-state index in [2.05, 4.69) is 17.2 Å². The Morgan fingerprint density at radius 2 is 1.71 bits per heavy atom. The van der Waals surface area contributed by atoms with Crippen LogP contribution in [0, 0.1) is 0 Å². The van der Waals surface area contributed by atoms with E-state index in [0.717, 1.165) is 16.3 Å². The van der Waals surface area contributed by atoms with E-state index >= 15 is 0 Å². The molecule has 8 heteroatoms. The SMILES string of the molecule is C=CC(=O)NC1CCCN(S(=O)(=O)c2ccc(C(=O)NCc3cccc4ccccc34)cc2)CC1. The minimum Gasteiger partial charge on any atom is -0.350 e. The van der Waals surface area contributed by atoms with E-state index in [1.54, 1.807) is 0 Å². The maximum Gasteiger partial charge on any atom is 0.251 e. The van der Waals surface area contributed by atoms with Gasteiger partial charge in [-0.25, -0.2) is 8.42 Å². The Bertz CT molecular complexity index is 1330. The van der Waals surface area contributed by atoms with Crippen molar-refractivity contribution < 1.29 is 18.0 Å². The minimum absolute atomic E-state index is 0.0755.